The first-order chi connectivity index (χ1) is 8.82. The van der Waals surface area contributed by atoms with Crippen LogP contribution < -0.4 is 11.1 Å². The number of anilines is 1. The number of carboxylic acid groups (broad SMARTS) is 1. The fourth-order valence-electron chi connectivity index (χ4n) is 1.66. The maximum absolute atomic E-state index is 11.0. The third kappa shape index (κ3) is 4.13. The smallest absolute Gasteiger partial charge is 0.308 e. The Labute approximate surface area is 116 Å². The summed E-state index contributed by atoms with van der Waals surface area (Å²) >= 11 is 5.91. The van der Waals surface area contributed by atoms with Crippen molar-refractivity contribution in [2.75, 3.05) is 11.9 Å². The van der Waals surface area contributed by atoms with Gasteiger partial charge >= 0.3 is 5.97 Å². The molecule has 1 unspecified atom stereocenters. The lowest BCUT2D eigenvalue weighted by molar-refractivity contribution is -0.142. The van der Waals surface area contributed by atoms with E-state index in [1.54, 1.807) is 12.1 Å². The van der Waals surface area contributed by atoms with E-state index in [4.69, 9.17) is 22.4 Å². The number of amides is 1. The monoisotopic (exact) mass is 284 g/mol. The number of hydrogen-bond acceptors (Lipinski definition) is 3. The predicted molar refractivity (Wildman–Crippen MR) is 74.4 cm³/mol. The van der Waals surface area contributed by atoms with E-state index < -0.39 is 17.8 Å². The fraction of sp³-hybridized carbons (Fsp3) is 0.385. The molecule has 0 aliphatic rings. The number of carbonyl (C=O) groups is 2. The Hall–Kier alpha value is -1.75. The molecule has 5 nitrogen and oxygen atoms in total. The second-order valence-electron chi connectivity index (χ2n) is 4.63. The Morgan fingerprint density at radius 3 is 2.47 bits per heavy atom. The second kappa shape index (κ2) is 6.43. The number of carboxylic acids is 1. The molecule has 1 amide bonds. The van der Waals surface area contributed by atoms with Crippen molar-refractivity contribution in [1.29, 1.82) is 0 Å². The van der Waals surface area contributed by atoms with E-state index in [0.717, 1.165) is 0 Å². The van der Waals surface area contributed by atoms with Crippen LogP contribution >= 0.6 is 11.6 Å². The van der Waals surface area contributed by atoms with Gasteiger partial charge in [-0.05, 0) is 24.1 Å². The van der Waals surface area contributed by atoms with E-state index in [1.807, 2.05) is 13.8 Å². The first kappa shape index (κ1) is 15.3. The van der Waals surface area contributed by atoms with Crippen LogP contribution in [-0.2, 0) is 4.79 Å². The number of halogens is 1. The van der Waals surface area contributed by atoms with Gasteiger partial charge in [0.05, 0.1) is 16.5 Å². The normalized spacial score (nSPS) is 12.2. The van der Waals surface area contributed by atoms with Gasteiger partial charge in [-0.15, -0.1) is 0 Å². The zero-order chi connectivity index (χ0) is 14.6. The van der Waals surface area contributed by atoms with E-state index in [0.29, 0.717) is 12.2 Å². The van der Waals surface area contributed by atoms with Crippen molar-refractivity contribution < 1.29 is 14.7 Å². The quantitative estimate of drug-likeness (QED) is 0.747. The summed E-state index contributed by atoms with van der Waals surface area (Å²) in [5.74, 6) is -1.91. The largest absolute Gasteiger partial charge is 0.481 e. The molecule has 0 saturated carbocycles. The molecule has 6 heteroatoms. The zero-order valence-corrected chi connectivity index (χ0v) is 11.6. The number of aliphatic carboxylic acids is 1. The summed E-state index contributed by atoms with van der Waals surface area (Å²) in [7, 11) is 0. The van der Waals surface area contributed by atoms with Crippen LogP contribution in [0.15, 0.2) is 18.2 Å². The number of nitrogens with one attached hydrogen (secondary N) is 1. The first-order valence-corrected chi connectivity index (χ1v) is 6.26. The average Bonchev–Trinajstić information content (AvgIpc) is 2.27. The minimum absolute atomic E-state index is 0.0189. The van der Waals surface area contributed by atoms with Crippen molar-refractivity contribution in [1.82, 2.24) is 0 Å². The summed E-state index contributed by atoms with van der Waals surface area (Å²) in [6, 6.07) is 4.71. The maximum atomic E-state index is 11.0. The summed E-state index contributed by atoms with van der Waals surface area (Å²) in [5, 5.41) is 12.3. The SMILES string of the molecule is CC(C)C(CNc1ccc(C(N)=O)c(Cl)c1)C(=O)O. The summed E-state index contributed by atoms with van der Waals surface area (Å²) in [5.41, 5.74) is 6.04. The molecule has 0 aromatic heterocycles. The van der Waals surface area contributed by atoms with Gasteiger partial charge in [0.2, 0.25) is 5.91 Å². The molecule has 0 radical (unpaired) electrons. The Morgan fingerprint density at radius 2 is 2.05 bits per heavy atom. The van der Waals surface area contributed by atoms with E-state index in [9.17, 15) is 9.59 Å². The highest BCUT2D eigenvalue weighted by Crippen LogP contribution is 2.21. The molecule has 0 spiro atoms. The Balaban J connectivity index is 2.76. The minimum atomic E-state index is -0.845. The van der Waals surface area contributed by atoms with Crippen LogP contribution in [0.2, 0.25) is 5.02 Å². The second-order valence-corrected chi connectivity index (χ2v) is 5.04. The van der Waals surface area contributed by atoms with Crippen molar-refractivity contribution in [2.45, 2.75) is 13.8 Å². The topological polar surface area (TPSA) is 92.4 Å². The van der Waals surface area contributed by atoms with Crippen LogP contribution in [0.4, 0.5) is 5.69 Å². The maximum Gasteiger partial charge on any atom is 0.308 e. The number of carbonyl (C=O) groups excluding carboxylic acids is 1. The lowest BCUT2D eigenvalue weighted by Crippen LogP contribution is -2.27. The molecule has 0 bridgehead atoms. The van der Waals surface area contributed by atoms with Gasteiger partial charge in [-0.25, -0.2) is 0 Å². The Morgan fingerprint density at radius 1 is 1.42 bits per heavy atom. The van der Waals surface area contributed by atoms with Crippen molar-refractivity contribution in [3.63, 3.8) is 0 Å². The first-order valence-electron chi connectivity index (χ1n) is 5.89. The summed E-state index contributed by atoms with van der Waals surface area (Å²) in [4.78, 5) is 22.1. The zero-order valence-electron chi connectivity index (χ0n) is 10.8. The lowest BCUT2D eigenvalue weighted by atomic mass is 9.96. The molecule has 0 aliphatic heterocycles. The molecule has 0 aliphatic carbocycles. The van der Waals surface area contributed by atoms with E-state index in [-0.39, 0.29) is 16.5 Å². The summed E-state index contributed by atoms with van der Waals surface area (Å²) in [6.07, 6.45) is 0. The molecule has 0 fully saturated rings. The highest BCUT2D eigenvalue weighted by Gasteiger charge is 2.21. The highest BCUT2D eigenvalue weighted by molar-refractivity contribution is 6.34. The van der Waals surface area contributed by atoms with Gasteiger partial charge in [0.1, 0.15) is 0 Å². The fourth-order valence-corrected chi connectivity index (χ4v) is 1.93. The molecule has 0 heterocycles. The van der Waals surface area contributed by atoms with Gasteiger partial charge in [-0.3, -0.25) is 9.59 Å². The van der Waals surface area contributed by atoms with E-state index in [1.165, 1.54) is 6.07 Å². The molecule has 1 aromatic rings. The third-order valence-electron chi connectivity index (χ3n) is 2.88. The lowest BCUT2D eigenvalue weighted by Gasteiger charge is -2.17. The summed E-state index contributed by atoms with van der Waals surface area (Å²) in [6.45, 7) is 3.99. The van der Waals surface area contributed by atoms with Crippen molar-refractivity contribution in [2.24, 2.45) is 17.6 Å². The van der Waals surface area contributed by atoms with Crippen LogP contribution in [0.25, 0.3) is 0 Å². The Bertz CT molecular complexity index is 489. The molecular weight excluding hydrogens is 268 g/mol. The van der Waals surface area contributed by atoms with Crippen molar-refractivity contribution >= 4 is 29.2 Å². The molecular formula is C13H17ClN2O3. The van der Waals surface area contributed by atoms with Crippen LogP contribution in [0, 0.1) is 11.8 Å². The Kier molecular flexibility index (Phi) is 5.18. The van der Waals surface area contributed by atoms with Crippen LogP contribution in [0.1, 0.15) is 24.2 Å². The molecule has 0 saturated heterocycles. The van der Waals surface area contributed by atoms with Crippen LogP contribution in [0.3, 0.4) is 0 Å². The number of nitrogens with two attached hydrogens (primary N) is 1. The van der Waals surface area contributed by atoms with Gasteiger partial charge in [0, 0.05) is 12.2 Å². The predicted octanol–water partition coefficient (Wildman–Crippen LogP) is 2.21. The molecule has 1 aromatic carbocycles. The molecule has 104 valence electrons. The molecule has 19 heavy (non-hydrogen) atoms. The van der Waals surface area contributed by atoms with Gasteiger partial charge in [0.25, 0.3) is 0 Å². The van der Waals surface area contributed by atoms with Gasteiger partial charge < -0.3 is 16.2 Å². The van der Waals surface area contributed by atoms with Crippen molar-refractivity contribution in [3.05, 3.63) is 28.8 Å². The minimum Gasteiger partial charge on any atom is -0.481 e. The highest BCUT2D eigenvalue weighted by atomic mass is 35.5. The molecule has 1 atom stereocenters. The average molecular weight is 285 g/mol. The molecule has 4 N–H and O–H groups in total. The number of benzene rings is 1. The number of hydrogen-bond donors (Lipinski definition) is 3. The van der Waals surface area contributed by atoms with E-state index in [2.05, 4.69) is 5.32 Å². The van der Waals surface area contributed by atoms with Gasteiger partial charge in [-0.1, -0.05) is 25.4 Å². The number of rotatable bonds is 6. The van der Waals surface area contributed by atoms with Crippen LogP contribution in [-0.4, -0.2) is 23.5 Å². The molecule has 1 rings (SSSR count). The van der Waals surface area contributed by atoms with Crippen LogP contribution in [0.5, 0.6) is 0 Å². The third-order valence-corrected chi connectivity index (χ3v) is 3.20. The van der Waals surface area contributed by atoms with Gasteiger partial charge in [0.15, 0.2) is 0 Å². The summed E-state index contributed by atoms with van der Waals surface area (Å²) < 4.78 is 0. The van der Waals surface area contributed by atoms with E-state index >= 15 is 0 Å². The van der Waals surface area contributed by atoms with Crippen molar-refractivity contribution in [3.8, 4) is 0 Å². The van der Waals surface area contributed by atoms with Gasteiger partial charge in [-0.2, -0.15) is 0 Å². The number of primary amides is 1. The standard InChI is InChI=1S/C13H17ClN2O3/c1-7(2)10(13(18)19)6-16-8-3-4-9(12(15)17)11(14)5-8/h3-5,7,10,16H,6H2,1-2H3,(H2,15,17)(H,18,19).